The van der Waals surface area contributed by atoms with Crippen LogP contribution in [0.2, 0.25) is 0 Å². The molecule has 0 aliphatic rings. The Balaban J connectivity index is 3.19. The molecule has 2 nitrogen and oxygen atoms in total. The van der Waals surface area contributed by atoms with Gasteiger partial charge in [0.1, 0.15) is 12.0 Å². The summed E-state index contributed by atoms with van der Waals surface area (Å²) in [6, 6.07) is 3.59. The van der Waals surface area contributed by atoms with Crippen molar-refractivity contribution in [2.24, 2.45) is 0 Å². The number of rotatable bonds is 4. The van der Waals surface area contributed by atoms with E-state index < -0.39 is 0 Å². The van der Waals surface area contributed by atoms with E-state index in [2.05, 4.69) is 22.9 Å². The third-order valence-electron chi connectivity index (χ3n) is 2.03. The van der Waals surface area contributed by atoms with Crippen LogP contribution in [0.4, 0.5) is 0 Å². The Hall–Kier alpha value is -0.830. The number of benzene rings is 1. The van der Waals surface area contributed by atoms with Crippen LogP contribution >= 0.6 is 15.9 Å². The second kappa shape index (κ2) is 5.15. The zero-order valence-corrected chi connectivity index (χ0v) is 9.93. The second-order valence-corrected chi connectivity index (χ2v) is 3.91. The van der Waals surface area contributed by atoms with E-state index in [1.54, 1.807) is 13.2 Å². The molecule has 0 saturated heterocycles. The molecule has 0 aromatic heterocycles. The van der Waals surface area contributed by atoms with E-state index >= 15 is 0 Å². The van der Waals surface area contributed by atoms with Gasteiger partial charge < -0.3 is 4.74 Å². The Morgan fingerprint density at radius 1 is 1.50 bits per heavy atom. The van der Waals surface area contributed by atoms with Gasteiger partial charge in [-0.15, -0.1) is 0 Å². The van der Waals surface area contributed by atoms with Crippen molar-refractivity contribution >= 4 is 22.2 Å². The van der Waals surface area contributed by atoms with Crippen molar-refractivity contribution in [2.75, 3.05) is 7.11 Å². The lowest BCUT2D eigenvalue weighted by Crippen LogP contribution is -1.95. The van der Waals surface area contributed by atoms with Gasteiger partial charge in [-0.2, -0.15) is 0 Å². The maximum atomic E-state index is 10.6. The number of methoxy groups -OCH3 is 1. The first kappa shape index (κ1) is 11.2. The monoisotopic (exact) mass is 256 g/mol. The normalized spacial score (nSPS) is 9.93. The molecule has 0 bridgehead atoms. The third-order valence-corrected chi connectivity index (χ3v) is 2.74. The molecule has 0 amide bonds. The molecule has 0 spiro atoms. The van der Waals surface area contributed by atoms with Gasteiger partial charge in [0.05, 0.1) is 7.11 Å². The minimum Gasteiger partial charge on any atom is -0.496 e. The van der Waals surface area contributed by atoms with Crippen LogP contribution in [0.5, 0.6) is 5.75 Å². The quantitative estimate of drug-likeness (QED) is 0.774. The number of hydrogen-bond donors (Lipinski definition) is 0. The topological polar surface area (TPSA) is 26.3 Å². The Morgan fingerprint density at radius 3 is 2.71 bits per heavy atom. The largest absolute Gasteiger partial charge is 0.496 e. The first-order valence-electron chi connectivity index (χ1n) is 4.54. The molecule has 0 unspecified atom stereocenters. The summed E-state index contributed by atoms with van der Waals surface area (Å²) in [6.45, 7) is 2.11. The van der Waals surface area contributed by atoms with Gasteiger partial charge in [0.15, 0.2) is 0 Å². The van der Waals surface area contributed by atoms with Gasteiger partial charge in [-0.1, -0.05) is 29.3 Å². The number of ether oxygens (including phenoxy) is 1. The fraction of sp³-hybridized carbons (Fsp3) is 0.364. The average molecular weight is 257 g/mol. The van der Waals surface area contributed by atoms with Crippen molar-refractivity contribution in [2.45, 2.75) is 19.8 Å². The highest BCUT2D eigenvalue weighted by atomic mass is 79.9. The SMILES string of the molecule is CCCc1c(Br)cc(C=O)cc1OC. The van der Waals surface area contributed by atoms with Crippen molar-refractivity contribution in [3.05, 3.63) is 27.7 Å². The number of halogens is 1. The van der Waals surface area contributed by atoms with Gasteiger partial charge in [-0.3, -0.25) is 4.79 Å². The highest BCUT2D eigenvalue weighted by Crippen LogP contribution is 2.29. The highest BCUT2D eigenvalue weighted by Gasteiger charge is 2.08. The maximum absolute atomic E-state index is 10.6. The predicted molar refractivity (Wildman–Crippen MR) is 60.1 cm³/mol. The first-order chi connectivity index (χ1) is 6.72. The molecule has 1 aromatic carbocycles. The van der Waals surface area contributed by atoms with Gasteiger partial charge in [-0.05, 0) is 18.6 Å². The summed E-state index contributed by atoms with van der Waals surface area (Å²) < 4.78 is 6.18. The van der Waals surface area contributed by atoms with Crippen LogP contribution < -0.4 is 4.74 Å². The molecule has 14 heavy (non-hydrogen) atoms. The van der Waals surface area contributed by atoms with Crippen LogP contribution in [-0.4, -0.2) is 13.4 Å². The lowest BCUT2D eigenvalue weighted by molar-refractivity contribution is 0.112. The maximum Gasteiger partial charge on any atom is 0.150 e. The van der Waals surface area contributed by atoms with Crippen molar-refractivity contribution in [1.82, 2.24) is 0 Å². The van der Waals surface area contributed by atoms with Gasteiger partial charge in [-0.25, -0.2) is 0 Å². The lowest BCUT2D eigenvalue weighted by atomic mass is 10.1. The molecule has 0 atom stereocenters. The van der Waals surface area contributed by atoms with Gasteiger partial charge in [0.2, 0.25) is 0 Å². The Kier molecular flexibility index (Phi) is 4.14. The van der Waals surface area contributed by atoms with E-state index in [4.69, 9.17) is 4.74 Å². The van der Waals surface area contributed by atoms with E-state index in [1.165, 1.54) is 0 Å². The number of hydrogen-bond acceptors (Lipinski definition) is 2. The van der Waals surface area contributed by atoms with Crippen molar-refractivity contribution in [3.8, 4) is 5.75 Å². The molecular formula is C11H13BrO2. The molecular weight excluding hydrogens is 244 g/mol. The lowest BCUT2D eigenvalue weighted by Gasteiger charge is -2.10. The highest BCUT2D eigenvalue weighted by molar-refractivity contribution is 9.10. The van der Waals surface area contributed by atoms with Crippen LogP contribution in [0.25, 0.3) is 0 Å². The Bertz CT molecular complexity index is 334. The summed E-state index contributed by atoms with van der Waals surface area (Å²) in [5, 5.41) is 0. The molecule has 0 radical (unpaired) electrons. The van der Waals surface area contributed by atoms with Gasteiger partial charge in [0, 0.05) is 15.6 Å². The van der Waals surface area contributed by atoms with E-state index in [1.807, 2.05) is 6.07 Å². The molecule has 1 rings (SSSR count). The molecule has 0 aliphatic heterocycles. The summed E-state index contributed by atoms with van der Waals surface area (Å²) >= 11 is 3.44. The average Bonchev–Trinajstić information content (AvgIpc) is 2.20. The van der Waals surface area contributed by atoms with Gasteiger partial charge >= 0.3 is 0 Å². The summed E-state index contributed by atoms with van der Waals surface area (Å²) in [7, 11) is 1.62. The van der Waals surface area contributed by atoms with E-state index in [0.717, 1.165) is 34.9 Å². The number of aldehydes is 1. The predicted octanol–water partition coefficient (Wildman–Crippen LogP) is 3.22. The van der Waals surface area contributed by atoms with Crippen LogP contribution in [0, 0.1) is 0 Å². The third kappa shape index (κ3) is 2.35. The van der Waals surface area contributed by atoms with Crippen LogP contribution in [-0.2, 0) is 6.42 Å². The molecule has 76 valence electrons. The van der Waals surface area contributed by atoms with Crippen molar-refractivity contribution < 1.29 is 9.53 Å². The van der Waals surface area contributed by atoms with Gasteiger partial charge in [0.25, 0.3) is 0 Å². The van der Waals surface area contributed by atoms with E-state index in [0.29, 0.717) is 5.56 Å². The summed E-state index contributed by atoms with van der Waals surface area (Å²) in [4.78, 5) is 10.6. The molecule has 0 heterocycles. The fourth-order valence-electron chi connectivity index (χ4n) is 1.37. The smallest absolute Gasteiger partial charge is 0.150 e. The van der Waals surface area contributed by atoms with E-state index in [9.17, 15) is 4.79 Å². The Morgan fingerprint density at radius 2 is 2.21 bits per heavy atom. The second-order valence-electron chi connectivity index (χ2n) is 3.05. The number of carbonyl (C=O) groups is 1. The van der Waals surface area contributed by atoms with E-state index in [-0.39, 0.29) is 0 Å². The summed E-state index contributed by atoms with van der Waals surface area (Å²) in [5.74, 6) is 0.781. The standard InChI is InChI=1S/C11H13BrO2/c1-3-4-9-10(12)5-8(7-13)6-11(9)14-2/h5-7H,3-4H2,1-2H3. The first-order valence-corrected chi connectivity index (χ1v) is 5.33. The van der Waals surface area contributed by atoms with Crippen molar-refractivity contribution in [1.29, 1.82) is 0 Å². The minimum absolute atomic E-state index is 0.633. The Labute approximate surface area is 92.4 Å². The zero-order valence-electron chi connectivity index (χ0n) is 8.34. The van der Waals surface area contributed by atoms with Crippen LogP contribution in [0.15, 0.2) is 16.6 Å². The van der Waals surface area contributed by atoms with Crippen LogP contribution in [0.1, 0.15) is 29.3 Å². The van der Waals surface area contributed by atoms with Crippen LogP contribution in [0.3, 0.4) is 0 Å². The summed E-state index contributed by atoms with van der Waals surface area (Å²) in [6.07, 6.45) is 2.82. The van der Waals surface area contributed by atoms with Crippen molar-refractivity contribution in [3.63, 3.8) is 0 Å². The molecule has 0 fully saturated rings. The molecule has 1 aromatic rings. The fourth-order valence-corrected chi connectivity index (χ4v) is 2.03. The summed E-state index contributed by atoms with van der Waals surface area (Å²) in [5.41, 5.74) is 1.76. The minimum atomic E-state index is 0.633. The molecule has 0 N–H and O–H groups in total. The molecule has 0 saturated carbocycles. The number of carbonyl (C=O) groups excluding carboxylic acids is 1. The molecule has 3 heteroatoms. The molecule has 0 aliphatic carbocycles. The zero-order chi connectivity index (χ0) is 10.6.